The fourth-order valence-corrected chi connectivity index (χ4v) is 5.45. The highest BCUT2D eigenvalue weighted by Crippen LogP contribution is 2.34. The van der Waals surface area contributed by atoms with Crippen LogP contribution < -0.4 is 10.2 Å². The zero-order valence-electron chi connectivity index (χ0n) is 24.3. The maximum absolute atomic E-state index is 13.6. The van der Waals surface area contributed by atoms with Gasteiger partial charge < -0.3 is 15.0 Å². The van der Waals surface area contributed by atoms with Crippen LogP contribution in [-0.2, 0) is 9.53 Å². The highest BCUT2D eigenvalue weighted by Gasteiger charge is 2.30. The highest BCUT2D eigenvalue weighted by atomic mass is 16.6. The van der Waals surface area contributed by atoms with Gasteiger partial charge in [-0.25, -0.2) is 9.36 Å². The Morgan fingerprint density at radius 1 is 0.952 bits per heavy atom. The summed E-state index contributed by atoms with van der Waals surface area (Å²) >= 11 is 0. The van der Waals surface area contributed by atoms with Crippen LogP contribution in [0.3, 0.4) is 0 Å². The van der Waals surface area contributed by atoms with Gasteiger partial charge >= 0.3 is 6.09 Å². The lowest BCUT2D eigenvalue weighted by atomic mass is 10.0. The first-order valence-corrected chi connectivity index (χ1v) is 14.6. The Bertz CT molecular complexity index is 1670. The maximum atomic E-state index is 13.6. The molecule has 0 unspecified atom stereocenters. The van der Waals surface area contributed by atoms with Crippen LogP contribution >= 0.6 is 0 Å². The summed E-state index contributed by atoms with van der Waals surface area (Å²) in [6, 6.07) is 11.6. The Labute approximate surface area is 245 Å². The standard InChI is InChI=1S/C33H36N6O3/c1-33(2,3)42-32(41)39-28-9-7-8-27(38-12-5-4-6-13-38)26(28)16-29(39)30(34)24-14-22(17-35-19-24)23-15-25(20-36-18-23)37-31(40)21-10-11-21/h7-9,14-21,34H,4-6,10-13H2,1-3H3,(H,37,40). The van der Waals surface area contributed by atoms with Crippen LogP contribution in [0.4, 0.5) is 16.2 Å². The van der Waals surface area contributed by atoms with E-state index in [1.54, 1.807) is 24.8 Å². The summed E-state index contributed by atoms with van der Waals surface area (Å²) < 4.78 is 7.33. The number of hydrogen-bond acceptors (Lipinski definition) is 7. The molecule has 42 heavy (non-hydrogen) atoms. The quantitative estimate of drug-likeness (QED) is 0.254. The van der Waals surface area contributed by atoms with Crippen molar-refractivity contribution in [3.8, 4) is 11.1 Å². The Morgan fingerprint density at radius 2 is 1.67 bits per heavy atom. The number of hydrogen-bond donors (Lipinski definition) is 2. The summed E-state index contributed by atoms with van der Waals surface area (Å²) in [6.45, 7) is 7.43. The van der Waals surface area contributed by atoms with Crippen molar-refractivity contribution in [2.45, 2.75) is 58.5 Å². The molecule has 2 aliphatic rings. The van der Waals surface area contributed by atoms with Crippen molar-refractivity contribution < 1.29 is 14.3 Å². The molecule has 0 bridgehead atoms. The van der Waals surface area contributed by atoms with Gasteiger partial charge in [0.1, 0.15) is 5.60 Å². The van der Waals surface area contributed by atoms with Crippen molar-refractivity contribution in [2.75, 3.05) is 23.3 Å². The number of piperidine rings is 1. The lowest BCUT2D eigenvalue weighted by Gasteiger charge is -2.29. The number of carbonyl (C=O) groups excluding carboxylic acids is 2. The smallest absolute Gasteiger partial charge is 0.419 e. The van der Waals surface area contributed by atoms with Crippen LogP contribution in [0, 0.1) is 11.3 Å². The molecule has 6 rings (SSSR count). The number of carbonyl (C=O) groups is 2. The van der Waals surface area contributed by atoms with Gasteiger partial charge in [0.25, 0.3) is 0 Å². The van der Waals surface area contributed by atoms with E-state index in [0.717, 1.165) is 61.0 Å². The third kappa shape index (κ3) is 5.77. The number of benzene rings is 1. The van der Waals surface area contributed by atoms with E-state index >= 15 is 0 Å². The first kappa shape index (κ1) is 27.6. The van der Waals surface area contributed by atoms with Gasteiger partial charge in [-0.2, -0.15) is 0 Å². The number of aromatic nitrogens is 3. The Hall–Kier alpha value is -4.53. The van der Waals surface area contributed by atoms with Gasteiger partial charge in [0.15, 0.2) is 0 Å². The molecule has 0 radical (unpaired) electrons. The third-order valence-electron chi connectivity index (χ3n) is 7.67. The van der Waals surface area contributed by atoms with Gasteiger partial charge in [0, 0.05) is 65.4 Å². The first-order valence-electron chi connectivity index (χ1n) is 14.6. The predicted molar refractivity (Wildman–Crippen MR) is 164 cm³/mol. The van der Waals surface area contributed by atoms with Gasteiger partial charge in [-0.1, -0.05) is 6.07 Å². The molecule has 216 valence electrons. The number of rotatable bonds is 6. The normalized spacial score (nSPS) is 15.5. The fourth-order valence-electron chi connectivity index (χ4n) is 5.45. The summed E-state index contributed by atoms with van der Waals surface area (Å²) in [6.07, 6.45) is 11.5. The highest BCUT2D eigenvalue weighted by molar-refractivity contribution is 6.16. The topological polar surface area (TPSA) is 113 Å². The summed E-state index contributed by atoms with van der Waals surface area (Å²) in [5, 5.41) is 13.1. The molecule has 4 aromatic rings. The largest absolute Gasteiger partial charge is 0.443 e. The van der Waals surface area contributed by atoms with E-state index in [9.17, 15) is 15.0 Å². The molecular formula is C33H36N6O3. The number of amides is 1. The van der Waals surface area contributed by atoms with Gasteiger partial charge in [0.2, 0.25) is 5.91 Å². The van der Waals surface area contributed by atoms with Gasteiger partial charge in [-0.15, -0.1) is 0 Å². The third-order valence-corrected chi connectivity index (χ3v) is 7.67. The predicted octanol–water partition coefficient (Wildman–Crippen LogP) is 6.64. The molecule has 1 aliphatic heterocycles. The van der Waals surface area contributed by atoms with Gasteiger partial charge in [-0.05, 0) is 83.2 Å². The second-order valence-corrected chi connectivity index (χ2v) is 12.2. The number of nitrogens with one attached hydrogen (secondary N) is 2. The Morgan fingerprint density at radius 3 is 2.38 bits per heavy atom. The summed E-state index contributed by atoms with van der Waals surface area (Å²) in [4.78, 5) is 37.0. The molecule has 0 atom stereocenters. The molecule has 1 saturated carbocycles. The van der Waals surface area contributed by atoms with Crippen molar-refractivity contribution in [1.29, 1.82) is 5.41 Å². The second-order valence-electron chi connectivity index (χ2n) is 12.2. The first-order chi connectivity index (χ1) is 20.2. The van der Waals surface area contributed by atoms with E-state index in [1.807, 2.05) is 51.1 Å². The average molecular weight is 565 g/mol. The monoisotopic (exact) mass is 564 g/mol. The van der Waals surface area contributed by atoms with Crippen LogP contribution in [0.15, 0.2) is 61.2 Å². The van der Waals surface area contributed by atoms with E-state index in [2.05, 4.69) is 26.3 Å². The minimum atomic E-state index is -0.702. The number of fused-ring (bicyclic) bond motifs is 1. The van der Waals surface area contributed by atoms with Crippen LogP contribution in [0.1, 0.15) is 64.1 Å². The molecule has 1 aliphatic carbocycles. The van der Waals surface area contributed by atoms with E-state index in [4.69, 9.17) is 4.74 Å². The van der Waals surface area contributed by atoms with E-state index in [0.29, 0.717) is 22.5 Å². The molecule has 2 N–H and O–H groups in total. The van der Waals surface area contributed by atoms with Gasteiger partial charge in [0.05, 0.1) is 28.8 Å². The number of anilines is 2. The number of nitrogens with zero attached hydrogens (tertiary/aromatic N) is 4. The lowest BCUT2D eigenvalue weighted by molar-refractivity contribution is -0.117. The second kappa shape index (κ2) is 11.0. The van der Waals surface area contributed by atoms with E-state index in [1.165, 1.54) is 11.0 Å². The number of pyridine rings is 2. The van der Waals surface area contributed by atoms with E-state index < -0.39 is 11.7 Å². The molecule has 9 heteroatoms. The summed E-state index contributed by atoms with van der Waals surface area (Å²) in [5.41, 5.74) is 4.35. The van der Waals surface area contributed by atoms with Crippen LogP contribution in [0.5, 0.6) is 0 Å². The van der Waals surface area contributed by atoms with Gasteiger partial charge in [-0.3, -0.25) is 20.2 Å². The summed E-state index contributed by atoms with van der Waals surface area (Å²) in [7, 11) is 0. The van der Waals surface area contributed by atoms with Crippen LogP contribution in [-0.4, -0.2) is 50.9 Å². The zero-order chi connectivity index (χ0) is 29.4. The zero-order valence-corrected chi connectivity index (χ0v) is 24.3. The molecular weight excluding hydrogens is 528 g/mol. The average Bonchev–Trinajstić information content (AvgIpc) is 3.76. The fraction of sp³-hybridized carbons (Fsp3) is 0.364. The molecule has 4 heterocycles. The maximum Gasteiger partial charge on any atom is 0.419 e. The lowest BCUT2D eigenvalue weighted by Crippen LogP contribution is -2.29. The van der Waals surface area contributed by atoms with Crippen molar-refractivity contribution in [3.05, 3.63) is 72.4 Å². The van der Waals surface area contributed by atoms with Crippen molar-refractivity contribution in [1.82, 2.24) is 14.5 Å². The SMILES string of the molecule is CC(C)(C)OC(=O)n1c(C(=N)c2cncc(-c3cncc(NC(=O)C4CC4)c3)c2)cc2c(N3CCCCC3)cccc21. The Kier molecular flexibility index (Phi) is 7.26. The minimum absolute atomic E-state index is 0.0153. The molecule has 3 aromatic heterocycles. The molecule has 2 fully saturated rings. The van der Waals surface area contributed by atoms with Crippen molar-refractivity contribution in [3.63, 3.8) is 0 Å². The van der Waals surface area contributed by atoms with Crippen LogP contribution in [0.2, 0.25) is 0 Å². The molecule has 1 amide bonds. The minimum Gasteiger partial charge on any atom is -0.443 e. The van der Waals surface area contributed by atoms with E-state index in [-0.39, 0.29) is 17.5 Å². The molecule has 1 aromatic carbocycles. The van der Waals surface area contributed by atoms with Crippen LogP contribution in [0.25, 0.3) is 22.0 Å². The molecule has 1 saturated heterocycles. The van der Waals surface area contributed by atoms with Crippen molar-refractivity contribution in [2.24, 2.45) is 5.92 Å². The summed E-state index contributed by atoms with van der Waals surface area (Å²) in [5.74, 6) is 0.104. The Balaban J connectivity index is 1.39. The molecule has 0 spiro atoms. The number of ether oxygens (including phenoxy) is 1. The molecule has 9 nitrogen and oxygen atoms in total. The van der Waals surface area contributed by atoms with Crippen molar-refractivity contribution >= 4 is 40.0 Å².